The van der Waals surface area contributed by atoms with Crippen LogP contribution in [0.4, 0.5) is 0 Å². The van der Waals surface area contributed by atoms with E-state index in [0.717, 1.165) is 0 Å². The third kappa shape index (κ3) is 8.23. The quantitative estimate of drug-likeness (QED) is 0.227. The van der Waals surface area contributed by atoms with Gasteiger partial charge >= 0.3 is 134 Å². The van der Waals surface area contributed by atoms with Gasteiger partial charge in [0.15, 0.2) is 0 Å². The number of halogens is 1. The first kappa shape index (κ1) is 20.7. The van der Waals surface area contributed by atoms with E-state index in [-0.39, 0.29) is 0 Å². The van der Waals surface area contributed by atoms with Gasteiger partial charge in [-0.15, -0.1) is 0 Å². The summed E-state index contributed by atoms with van der Waals surface area (Å²) in [5, 5.41) is 0. The van der Waals surface area contributed by atoms with Gasteiger partial charge in [-0.05, 0) is 0 Å². The summed E-state index contributed by atoms with van der Waals surface area (Å²) in [4.78, 5) is 0. The molecule has 0 aliphatic heterocycles. The van der Waals surface area contributed by atoms with Gasteiger partial charge in [-0.1, -0.05) is 0 Å². The van der Waals surface area contributed by atoms with Crippen LogP contribution in [0.1, 0.15) is 91.9 Å². The summed E-state index contributed by atoms with van der Waals surface area (Å²) in [6.45, 7) is 9.25. The Balaban J connectivity index is 4.58. The normalized spacial score (nSPS) is 14.2. The Morgan fingerprint density at radius 1 is 0.500 bits per heavy atom. The van der Waals surface area contributed by atoms with Crippen LogP contribution < -0.4 is 0 Å². The van der Waals surface area contributed by atoms with E-state index in [2.05, 4.69) is 27.7 Å². The first-order valence-corrected chi connectivity index (χ1v) is 13.1. The van der Waals surface area contributed by atoms with Crippen LogP contribution in [0.2, 0.25) is 0 Å². The van der Waals surface area contributed by atoms with Crippen molar-refractivity contribution in [1.29, 1.82) is 0 Å². The second-order valence-electron chi connectivity index (χ2n) is 6.84. The Bertz CT molecular complexity index is 205. The second-order valence-corrected chi connectivity index (χ2v) is 15.1. The zero-order valence-corrected chi connectivity index (χ0v) is 16.4. The fourth-order valence-electron chi connectivity index (χ4n) is 3.66. The fourth-order valence-corrected chi connectivity index (χ4v) is 11.0. The van der Waals surface area contributed by atoms with E-state index in [4.69, 9.17) is 11.2 Å². The van der Waals surface area contributed by atoms with Crippen molar-refractivity contribution in [3.8, 4) is 0 Å². The number of hydrogen-bond acceptors (Lipinski definition) is 0. The molecule has 0 radical (unpaired) electrons. The van der Waals surface area contributed by atoms with Crippen LogP contribution >= 0.6 is 17.2 Å². The van der Waals surface area contributed by atoms with Gasteiger partial charge in [0.25, 0.3) is 0 Å². The molecule has 0 nitrogen and oxygen atoms in total. The number of rotatable bonds is 14. The summed E-state index contributed by atoms with van der Waals surface area (Å²) in [7, 11) is 0. The average molecular weight is 323 g/mol. The minimum atomic E-state index is -1.91. The van der Waals surface area contributed by atoms with Gasteiger partial charge in [-0.2, -0.15) is 0 Å². The molecule has 124 valence electrons. The molecule has 0 aromatic carbocycles. The molecule has 0 bridgehead atoms. The van der Waals surface area contributed by atoms with E-state index in [1.54, 1.807) is 0 Å². The molecule has 0 saturated heterocycles. The van der Waals surface area contributed by atoms with Crippen molar-refractivity contribution in [2.75, 3.05) is 24.6 Å². The second kappa shape index (κ2) is 11.3. The van der Waals surface area contributed by atoms with Crippen LogP contribution in [0, 0.1) is 0 Å². The number of unbranched alkanes of at least 4 members (excludes halogenated alkanes) is 6. The van der Waals surface area contributed by atoms with Crippen molar-refractivity contribution < 1.29 is 0 Å². The maximum absolute atomic E-state index is 7.49. The maximum atomic E-state index is 7.49. The molecule has 0 atom stereocenters. The topological polar surface area (TPSA) is 0 Å². The fraction of sp³-hybridized carbons (Fsp3) is 1.00. The Morgan fingerprint density at radius 3 is 1.20 bits per heavy atom. The van der Waals surface area contributed by atoms with Crippen molar-refractivity contribution in [1.82, 2.24) is 0 Å². The predicted molar refractivity (Wildman–Crippen MR) is 101 cm³/mol. The summed E-state index contributed by atoms with van der Waals surface area (Å²) in [6, 6.07) is 0. The molecule has 0 unspecified atom stereocenters. The van der Waals surface area contributed by atoms with Crippen molar-refractivity contribution in [3.63, 3.8) is 0 Å². The first-order chi connectivity index (χ1) is 9.54. The van der Waals surface area contributed by atoms with Gasteiger partial charge in [-0.25, -0.2) is 0 Å². The molecule has 0 saturated carbocycles. The summed E-state index contributed by atoms with van der Waals surface area (Å²) >= 11 is 7.49. The van der Waals surface area contributed by atoms with E-state index in [1.807, 2.05) is 0 Å². The Hall–Kier alpha value is 0.720. The molecular weight excluding hydrogens is 283 g/mol. The van der Waals surface area contributed by atoms with E-state index in [9.17, 15) is 0 Å². The molecular formula is C18H40ClP. The molecule has 2 heteroatoms. The van der Waals surface area contributed by atoms with Gasteiger partial charge in [0.1, 0.15) is 0 Å². The Morgan fingerprint density at radius 2 is 0.900 bits per heavy atom. The van der Waals surface area contributed by atoms with Crippen molar-refractivity contribution in [2.24, 2.45) is 0 Å². The molecule has 0 fully saturated rings. The molecule has 0 aromatic rings. The summed E-state index contributed by atoms with van der Waals surface area (Å²) in [6.07, 6.45) is 18.9. The third-order valence-corrected chi connectivity index (χ3v) is 12.7. The Kier molecular flexibility index (Phi) is 11.7. The molecule has 0 heterocycles. The molecule has 0 aliphatic rings. The monoisotopic (exact) mass is 322 g/mol. The molecule has 0 amide bonds. The average Bonchev–Trinajstić information content (AvgIpc) is 2.41. The van der Waals surface area contributed by atoms with E-state index in [0.29, 0.717) is 0 Å². The first-order valence-electron chi connectivity index (χ1n) is 9.26. The van der Waals surface area contributed by atoms with Crippen molar-refractivity contribution in [3.05, 3.63) is 0 Å². The van der Waals surface area contributed by atoms with E-state index in [1.165, 1.54) is 88.9 Å². The molecule has 0 N–H and O–H groups in total. The molecule has 0 aromatic heterocycles. The van der Waals surface area contributed by atoms with Crippen LogP contribution in [0.25, 0.3) is 0 Å². The third-order valence-electron chi connectivity index (χ3n) is 4.71. The van der Waals surface area contributed by atoms with Gasteiger partial charge < -0.3 is 0 Å². The van der Waals surface area contributed by atoms with Crippen molar-refractivity contribution in [2.45, 2.75) is 91.9 Å². The van der Waals surface area contributed by atoms with Gasteiger partial charge in [0, 0.05) is 0 Å². The molecule has 20 heavy (non-hydrogen) atoms. The van der Waals surface area contributed by atoms with Gasteiger partial charge in [-0.3, -0.25) is 0 Å². The van der Waals surface area contributed by atoms with E-state index >= 15 is 0 Å². The summed E-state index contributed by atoms with van der Waals surface area (Å²) in [5.74, 6) is -1.91. The Labute approximate surface area is 134 Å². The van der Waals surface area contributed by atoms with Crippen LogP contribution in [0.3, 0.4) is 0 Å². The zero-order valence-electron chi connectivity index (χ0n) is 14.7. The molecule has 0 rings (SSSR count). The van der Waals surface area contributed by atoms with E-state index < -0.39 is 5.96 Å². The predicted octanol–water partition coefficient (Wildman–Crippen LogP) is 7.67. The standard InChI is InChI=1S/C18H40ClP/c1-5-9-11-13-17-20(19,15-7-3,16-8-4)18-14-12-10-6-2/h5-18H2,1-4H3. The SMILES string of the molecule is CCCCCCP(Cl)(CCC)(CCC)CCCCCC. The molecule has 0 aliphatic carbocycles. The van der Waals surface area contributed by atoms with Gasteiger partial charge in [0.2, 0.25) is 0 Å². The minimum absolute atomic E-state index is 1.28. The van der Waals surface area contributed by atoms with Crippen molar-refractivity contribution >= 4 is 17.2 Å². The van der Waals surface area contributed by atoms with Gasteiger partial charge in [0.05, 0.1) is 0 Å². The summed E-state index contributed by atoms with van der Waals surface area (Å²) < 4.78 is 0. The van der Waals surface area contributed by atoms with Crippen LogP contribution in [0.5, 0.6) is 0 Å². The number of hydrogen-bond donors (Lipinski definition) is 0. The van der Waals surface area contributed by atoms with Crippen LogP contribution in [-0.2, 0) is 0 Å². The zero-order chi connectivity index (χ0) is 15.3. The summed E-state index contributed by atoms with van der Waals surface area (Å²) in [5.41, 5.74) is 0. The van der Waals surface area contributed by atoms with Crippen LogP contribution in [-0.4, -0.2) is 24.6 Å². The van der Waals surface area contributed by atoms with Crippen LogP contribution in [0.15, 0.2) is 0 Å². The molecule has 0 spiro atoms.